The number of nitrogens with two attached hydrogens (primary N) is 1. The van der Waals surface area contributed by atoms with E-state index < -0.39 is 12.3 Å². The van der Waals surface area contributed by atoms with E-state index in [9.17, 15) is 4.79 Å². The highest BCUT2D eigenvalue weighted by atomic mass is 16.6. The molecule has 0 spiro atoms. The molecule has 4 nitrogen and oxygen atoms in total. The summed E-state index contributed by atoms with van der Waals surface area (Å²) in [7, 11) is 0. The quantitative estimate of drug-likeness (QED) is 0.434. The molecule has 0 saturated heterocycles. The summed E-state index contributed by atoms with van der Waals surface area (Å²) in [5, 5.41) is 2.23. The first-order valence-corrected chi connectivity index (χ1v) is 4.43. The topological polar surface area (TPSA) is 64.3 Å². The Morgan fingerprint density at radius 2 is 2.13 bits per heavy atom. The Morgan fingerprint density at radius 3 is 2.73 bits per heavy atom. The smallest absolute Gasteiger partial charge is 0.420 e. The fraction of sp³-hybridized carbons (Fsp3) is 0.182. The van der Waals surface area contributed by atoms with Crippen LogP contribution in [-0.4, -0.2) is 6.09 Å². The molecule has 78 valence electrons. The van der Waals surface area contributed by atoms with Gasteiger partial charge in [0.05, 0.1) is 0 Å². The Labute approximate surface area is 88.4 Å². The molecule has 0 heterocycles. The molecule has 1 rings (SSSR count). The van der Waals surface area contributed by atoms with E-state index in [1.54, 1.807) is 19.1 Å². The van der Waals surface area contributed by atoms with E-state index in [-0.39, 0.29) is 0 Å². The summed E-state index contributed by atoms with van der Waals surface area (Å²) in [5.74, 6) is 2.51. The Hall–Kier alpha value is -1.99. The van der Waals surface area contributed by atoms with Crippen molar-refractivity contribution in [1.82, 2.24) is 5.32 Å². The van der Waals surface area contributed by atoms with Gasteiger partial charge < -0.3 is 4.74 Å². The van der Waals surface area contributed by atoms with Gasteiger partial charge in [-0.1, -0.05) is 36.3 Å². The second-order valence-corrected chi connectivity index (χ2v) is 2.74. The summed E-state index contributed by atoms with van der Waals surface area (Å²) in [6, 6.07) is 11.4. The standard InChI is InChI=1S/C11H12N2O2/c1-2-8-13-11(14)15-10(12)9-6-4-3-5-7-9/h3-7,10H,12H2,1H3,(H,13,14). The molecule has 0 aliphatic heterocycles. The van der Waals surface area contributed by atoms with Crippen molar-refractivity contribution in [3.63, 3.8) is 0 Å². The number of carbonyl (C=O) groups is 1. The van der Waals surface area contributed by atoms with Gasteiger partial charge in [0.2, 0.25) is 0 Å². The van der Waals surface area contributed by atoms with Crippen LogP contribution in [0, 0.1) is 12.0 Å². The van der Waals surface area contributed by atoms with Crippen LogP contribution in [0.4, 0.5) is 4.79 Å². The minimum atomic E-state index is -0.773. The van der Waals surface area contributed by atoms with Crippen LogP contribution in [0.1, 0.15) is 18.7 Å². The van der Waals surface area contributed by atoms with Gasteiger partial charge in [-0.25, -0.2) is 10.1 Å². The first kappa shape index (κ1) is 11.1. The van der Waals surface area contributed by atoms with Crippen LogP contribution in [-0.2, 0) is 4.74 Å². The van der Waals surface area contributed by atoms with Gasteiger partial charge in [-0.2, -0.15) is 0 Å². The van der Waals surface area contributed by atoms with Crippen molar-refractivity contribution in [2.75, 3.05) is 0 Å². The molecule has 0 fully saturated rings. The highest BCUT2D eigenvalue weighted by Gasteiger charge is 2.09. The largest absolute Gasteiger partial charge is 0.426 e. The number of hydrogen-bond donors (Lipinski definition) is 2. The Balaban J connectivity index is 2.51. The third-order valence-electron chi connectivity index (χ3n) is 1.65. The highest BCUT2D eigenvalue weighted by molar-refractivity contribution is 5.69. The summed E-state index contributed by atoms with van der Waals surface area (Å²) in [4.78, 5) is 11.1. The van der Waals surface area contributed by atoms with E-state index in [2.05, 4.69) is 17.3 Å². The molecule has 1 atom stereocenters. The van der Waals surface area contributed by atoms with Crippen molar-refractivity contribution in [1.29, 1.82) is 0 Å². The zero-order valence-electron chi connectivity index (χ0n) is 8.36. The lowest BCUT2D eigenvalue weighted by Crippen LogP contribution is -2.25. The van der Waals surface area contributed by atoms with Gasteiger partial charge in [0.25, 0.3) is 0 Å². The van der Waals surface area contributed by atoms with Gasteiger partial charge in [0, 0.05) is 11.6 Å². The summed E-state index contributed by atoms with van der Waals surface area (Å²) in [6.07, 6.45) is -1.43. The summed E-state index contributed by atoms with van der Waals surface area (Å²) >= 11 is 0. The number of alkyl carbamates (subject to hydrolysis) is 1. The fourth-order valence-corrected chi connectivity index (χ4v) is 0.969. The van der Waals surface area contributed by atoms with Gasteiger partial charge in [-0.15, -0.1) is 0 Å². The molecular formula is C11H12N2O2. The molecule has 4 heteroatoms. The lowest BCUT2D eigenvalue weighted by atomic mass is 10.2. The van der Waals surface area contributed by atoms with E-state index in [4.69, 9.17) is 10.5 Å². The van der Waals surface area contributed by atoms with Crippen LogP contribution < -0.4 is 11.1 Å². The summed E-state index contributed by atoms with van der Waals surface area (Å²) < 4.78 is 4.86. The van der Waals surface area contributed by atoms with Crippen molar-refractivity contribution in [3.8, 4) is 12.0 Å². The van der Waals surface area contributed by atoms with Gasteiger partial charge in [0.1, 0.15) is 0 Å². The highest BCUT2D eigenvalue weighted by Crippen LogP contribution is 2.10. The third kappa shape index (κ3) is 3.71. The van der Waals surface area contributed by atoms with Crippen molar-refractivity contribution in [2.45, 2.75) is 13.2 Å². The Kier molecular flexibility index (Phi) is 4.20. The van der Waals surface area contributed by atoms with Crippen LogP contribution in [0.2, 0.25) is 0 Å². The monoisotopic (exact) mass is 204 g/mol. The van der Waals surface area contributed by atoms with Crippen molar-refractivity contribution >= 4 is 6.09 Å². The molecule has 15 heavy (non-hydrogen) atoms. The number of ether oxygens (including phenoxy) is 1. The zero-order chi connectivity index (χ0) is 11.1. The average molecular weight is 204 g/mol. The number of rotatable bonds is 2. The molecule has 0 aliphatic rings. The summed E-state index contributed by atoms with van der Waals surface area (Å²) in [6.45, 7) is 1.61. The van der Waals surface area contributed by atoms with Crippen molar-refractivity contribution in [3.05, 3.63) is 35.9 Å². The summed E-state index contributed by atoms with van der Waals surface area (Å²) in [5.41, 5.74) is 6.37. The van der Waals surface area contributed by atoms with Gasteiger partial charge in [-0.05, 0) is 6.92 Å². The SMILES string of the molecule is CC#CNC(=O)OC(N)c1ccccc1. The van der Waals surface area contributed by atoms with E-state index in [1.165, 1.54) is 0 Å². The number of benzene rings is 1. The molecule has 1 aromatic carbocycles. The van der Waals surface area contributed by atoms with E-state index >= 15 is 0 Å². The number of carbonyl (C=O) groups excluding carboxylic acids is 1. The first-order valence-electron chi connectivity index (χ1n) is 4.43. The van der Waals surface area contributed by atoms with Crippen LogP contribution in [0.3, 0.4) is 0 Å². The third-order valence-corrected chi connectivity index (χ3v) is 1.65. The maximum atomic E-state index is 11.1. The second-order valence-electron chi connectivity index (χ2n) is 2.74. The molecule has 0 aromatic heterocycles. The molecule has 1 amide bonds. The van der Waals surface area contributed by atoms with Gasteiger partial charge in [-0.3, -0.25) is 5.73 Å². The second kappa shape index (κ2) is 5.68. The predicted octanol–water partition coefficient (Wildman–Crippen LogP) is 1.35. The minimum Gasteiger partial charge on any atom is -0.426 e. The molecule has 0 aliphatic carbocycles. The fourth-order valence-electron chi connectivity index (χ4n) is 0.969. The van der Waals surface area contributed by atoms with E-state index in [0.29, 0.717) is 0 Å². The normalized spacial score (nSPS) is 10.8. The van der Waals surface area contributed by atoms with Crippen molar-refractivity contribution < 1.29 is 9.53 Å². The van der Waals surface area contributed by atoms with Crippen LogP contribution in [0.15, 0.2) is 30.3 Å². The number of nitrogens with one attached hydrogen (secondary N) is 1. The van der Waals surface area contributed by atoms with E-state index in [1.807, 2.05) is 18.2 Å². The number of hydrogen-bond acceptors (Lipinski definition) is 3. The zero-order valence-corrected chi connectivity index (χ0v) is 8.36. The lowest BCUT2D eigenvalue weighted by molar-refractivity contribution is 0.105. The van der Waals surface area contributed by atoms with Crippen molar-refractivity contribution in [2.24, 2.45) is 5.73 Å². The van der Waals surface area contributed by atoms with Crippen LogP contribution >= 0.6 is 0 Å². The minimum absolute atomic E-state index is 0.652. The molecule has 0 bridgehead atoms. The average Bonchev–Trinajstić information content (AvgIpc) is 2.27. The van der Waals surface area contributed by atoms with Gasteiger partial charge >= 0.3 is 6.09 Å². The molecular weight excluding hydrogens is 192 g/mol. The van der Waals surface area contributed by atoms with Crippen LogP contribution in [0.5, 0.6) is 0 Å². The van der Waals surface area contributed by atoms with Gasteiger partial charge in [0.15, 0.2) is 6.23 Å². The Bertz CT molecular complexity index is 379. The molecule has 1 unspecified atom stereocenters. The molecule has 0 saturated carbocycles. The molecule has 1 aromatic rings. The molecule has 3 N–H and O–H groups in total. The maximum Gasteiger partial charge on any atom is 0.420 e. The number of amides is 1. The maximum absolute atomic E-state index is 11.1. The Morgan fingerprint density at radius 1 is 1.47 bits per heavy atom. The molecule has 0 radical (unpaired) electrons. The van der Waals surface area contributed by atoms with Crippen LogP contribution in [0.25, 0.3) is 0 Å². The first-order chi connectivity index (χ1) is 7.24. The van der Waals surface area contributed by atoms with E-state index in [0.717, 1.165) is 5.56 Å². The lowest BCUT2D eigenvalue weighted by Gasteiger charge is -2.11. The predicted molar refractivity (Wildman–Crippen MR) is 56.4 cm³/mol.